The standard InChI is InChI=1S/C29H31ClN6O/c1-18-14-20(8-9-24(18)36-16-29(17-36)10-12-35(3)13-11-29)32-28-31-15-22-19(2)25(27(37)33-26(22)34-28)21-6-4-5-7-23(21)30/h4-9,14-15H,10-13,16-17H2,1-3H3,(H2,31,32,33,34,37). The minimum absolute atomic E-state index is 0.222. The molecule has 0 bridgehead atoms. The smallest absolute Gasteiger partial charge is 0.257 e. The molecule has 0 atom stereocenters. The van der Waals surface area contributed by atoms with Gasteiger partial charge in [-0.25, -0.2) is 4.98 Å². The molecule has 7 nitrogen and oxygen atoms in total. The number of hydrogen-bond donors (Lipinski definition) is 2. The highest BCUT2D eigenvalue weighted by Crippen LogP contribution is 2.43. The van der Waals surface area contributed by atoms with E-state index in [1.54, 1.807) is 12.3 Å². The lowest BCUT2D eigenvalue weighted by Crippen LogP contribution is -2.60. The van der Waals surface area contributed by atoms with Crippen LogP contribution < -0.4 is 15.8 Å². The van der Waals surface area contributed by atoms with E-state index in [2.05, 4.69) is 62.2 Å². The Bertz CT molecular complexity index is 1550. The molecule has 0 radical (unpaired) electrons. The Morgan fingerprint density at radius 3 is 2.57 bits per heavy atom. The fourth-order valence-corrected chi connectivity index (χ4v) is 6.07. The highest BCUT2D eigenvalue weighted by molar-refractivity contribution is 6.33. The van der Waals surface area contributed by atoms with Crippen LogP contribution >= 0.6 is 11.6 Å². The van der Waals surface area contributed by atoms with Gasteiger partial charge in [-0.3, -0.25) is 4.79 Å². The van der Waals surface area contributed by atoms with Crippen LogP contribution in [0.15, 0.2) is 53.5 Å². The number of benzene rings is 2. The van der Waals surface area contributed by atoms with Gasteiger partial charge in [-0.1, -0.05) is 29.8 Å². The second-order valence-corrected chi connectivity index (χ2v) is 11.1. The predicted octanol–water partition coefficient (Wildman–Crippen LogP) is 5.53. The van der Waals surface area contributed by atoms with Gasteiger partial charge >= 0.3 is 0 Å². The predicted molar refractivity (Wildman–Crippen MR) is 151 cm³/mol. The van der Waals surface area contributed by atoms with Crippen LogP contribution in [0.3, 0.4) is 0 Å². The molecule has 2 aliphatic heterocycles. The third-order valence-corrected chi connectivity index (χ3v) is 8.39. The molecule has 0 aliphatic carbocycles. The number of aryl methyl sites for hydroxylation is 2. The normalized spacial score (nSPS) is 17.2. The molecule has 4 aromatic rings. The Morgan fingerprint density at radius 2 is 1.84 bits per heavy atom. The summed E-state index contributed by atoms with van der Waals surface area (Å²) in [5, 5.41) is 4.63. The number of anilines is 3. The first-order valence-corrected chi connectivity index (χ1v) is 13.2. The SMILES string of the molecule is Cc1cc(Nc2ncc3c(C)c(-c4ccccc4Cl)c(=O)[nH]c3n2)ccc1N1CC2(CCN(C)CC2)C1. The summed E-state index contributed by atoms with van der Waals surface area (Å²) in [6.07, 6.45) is 4.33. The maximum atomic E-state index is 13.0. The van der Waals surface area contributed by atoms with Crippen molar-refractivity contribution in [3.8, 4) is 11.1 Å². The summed E-state index contributed by atoms with van der Waals surface area (Å²) in [5.74, 6) is 0.439. The summed E-state index contributed by atoms with van der Waals surface area (Å²) in [5.41, 5.74) is 6.25. The van der Waals surface area contributed by atoms with E-state index in [1.807, 2.05) is 25.1 Å². The minimum Gasteiger partial charge on any atom is -0.370 e. The Morgan fingerprint density at radius 1 is 1.08 bits per heavy atom. The Labute approximate surface area is 221 Å². The molecule has 2 aromatic heterocycles. The maximum Gasteiger partial charge on any atom is 0.257 e. The van der Waals surface area contributed by atoms with Crippen molar-refractivity contribution in [2.75, 3.05) is 43.4 Å². The van der Waals surface area contributed by atoms with Gasteiger partial charge in [0.2, 0.25) is 5.95 Å². The molecule has 0 unspecified atom stereocenters. The van der Waals surface area contributed by atoms with Crippen LogP contribution in [0.5, 0.6) is 0 Å². The summed E-state index contributed by atoms with van der Waals surface area (Å²) in [4.78, 5) is 30.0. The fraction of sp³-hybridized carbons (Fsp3) is 0.345. The first-order valence-electron chi connectivity index (χ1n) is 12.8. The van der Waals surface area contributed by atoms with E-state index >= 15 is 0 Å². The first-order chi connectivity index (χ1) is 17.8. The third-order valence-electron chi connectivity index (χ3n) is 8.06. The molecule has 37 heavy (non-hydrogen) atoms. The van der Waals surface area contributed by atoms with Crippen LogP contribution in [0.25, 0.3) is 22.2 Å². The zero-order valence-corrected chi connectivity index (χ0v) is 22.2. The molecule has 2 N–H and O–H groups in total. The molecule has 190 valence electrons. The van der Waals surface area contributed by atoms with Gasteiger partial charge in [-0.2, -0.15) is 4.98 Å². The zero-order valence-electron chi connectivity index (χ0n) is 21.4. The van der Waals surface area contributed by atoms with E-state index in [0.29, 0.717) is 33.2 Å². The van der Waals surface area contributed by atoms with Crippen LogP contribution in [0, 0.1) is 19.3 Å². The highest BCUT2D eigenvalue weighted by Gasteiger charge is 2.44. The van der Waals surface area contributed by atoms with E-state index < -0.39 is 0 Å². The molecule has 8 heteroatoms. The molecular weight excluding hydrogens is 484 g/mol. The van der Waals surface area contributed by atoms with Crippen LogP contribution in [0.4, 0.5) is 17.3 Å². The van der Waals surface area contributed by atoms with Gasteiger partial charge in [0.05, 0.1) is 5.56 Å². The van der Waals surface area contributed by atoms with E-state index in [9.17, 15) is 4.79 Å². The summed E-state index contributed by atoms with van der Waals surface area (Å²) in [6.45, 7) is 8.75. The average Bonchev–Trinajstić information content (AvgIpc) is 2.85. The number of hydrogen-bond acceptors (Lipinski definition) is 6. The molecule has 2 aromatic carbocycles. The first kappa shape index (κ1) is 23.9. The van der Waals surface area contributed by atoms with Gasteiger partial charge in [0.15, 0.2) is 0 Å². The number of nitrogens with one attached hydrogen (secondary N) is 2. The van der Waals surface area contributed by atoms with Gasteiger partial charge in [0.25, 0.3) is 5.56 Å². The van der Waals surface area contributed by atoms with Crippen molar-refractivity contribution in [2.24, 2.45) is 5.41 Å². The van der Waals surface area contributed by atoms with E-state index in [0.717, 1.165) is 29.7 Å². The number of rotatable bonds is 4. The van der Waals surface area contributed by atoms with Crippen LogP contribution in [0.2, 0.25) is 5.02 Å². The number of nitrogens with zero attached hydrogens (tertiary/aromatic N) is 4. The molecule has 6 rings (SSSR count). The van der Waals surface area contributed by atoms with E-state index in [-0.39, 0.29) is 5.56 Å². The summed E-state index contributed by atoms with van der Waals surface area (Å²) < 4.78 is 0. The van der Waals surface area contributed by atoms with Crippen molar-refractivity contribution in [1.29, 1.82) is 0 Å². The minimum atomic E-state index is -0.222. The monoisotopic (exact) mass is 514 g/mol. The van der Waals surface area contributed by atoms with Crippen molar-refractivity contribution >= 4 is 40.0 Å². The number of fused-ring (bicyclic) bond motifs is 1. The third kappa shape index (κ3) is 4.36. The Hall–Kier alpha value is -3.42. The second kappa shape index (κ2) is 9.15. The number of pyridine rings is 1. The highest BCUT2D eigenvalue weighted by atomic mass is 35.5. The van der Waals surface area contributed by atoms with Gasteiger partial charge in [0.1, 0.15) is 5.65 Å². The average molecular weight is 515 g/mol. The zero-order chi connectivity index (χ0) is 25.7. The fourth-order valence-electron chi connectivity index (χ4n) is 5.84. The largest absolute Gasteiger partial charge is 0.370 e. The number of likely N-dealkylation sites (tertiary alicyclic amines) is 1. The van der Waals surface area contributed by atoms with Gasteiger partial charge in [-0.15, -0.1) is 0 Å². The van der Waals surface area contributed by atoms with E-state index in [1.165, 1.54) is 37.2 Å². The quantitative estimate of drug-likeness (QED) is 0.373. The molecule has 1 spiro atoms. The topological polar surface area (TPSA) is 77.1 Å². The number of aromatic amines is 1. The molecular formula is C29H31ClN6O. The van der Waals surface area contributed by atoms with Crippen molar-refractivity contribution in [3.63, 3.8) is 0 Å². The summed E-state index contributed by atoms with van der Waals surface area (Å²) >= 11 is 6.37. The second-order valence-electron chi connectivity index (χ2n) is 10.7. The van der Waals surface area contributed by atoms with Crippen LogP contribution in [0.1, 0.15) is 24.0 Å². The number of piperidine rings is 1. The molecule has 0 amide bonds. The Balaban J connectivity index is 1.22. The maximum absolute atomic E-state index is 13.0. The lowest BCUT2D eigenvalue weighted by molar-refractivity contribution is 0.0906. The van der Waals surface area contributed by atoms with E-state index in [4.69, 9.17) is 11.6 Å². The van der Waals surface area contributed by atoms with Crippen LogP contribution in [-0.4, -0.2) is 53.1 Å². The lowest BCUT2D eigenvalue weighted by atomic mass is 9.71. The molecule has 4 heterocycles. The Kier molecular flexibility index (Phi) is 5.92. The van der Waals surface area contributed by atoms with Crippen molar-refractivity contribution < 1.29 is 0 Å². The van der Waals surface area contributed by atoms with Gasteiger partial charge in [0, 0.05) is 52.0 Å². The van der Waals surface area contributed by atoms with Gasteiger partial charge < -0.3 is 20.1 Å². The number of halogens is 1. The van der Waals surface area contributed by atoms with Crippen molar-refractivity contribution in [1.82, 2.24) is 19.9 Å². The summed E-state index contributed by atoms with van der Waals surface area (Å²) in [6, 6.07) is 13.7. The van der Waals surface area contributed by atoms with Crippen molar-refractivity contribution in [2.45, 2.75) is 26.7 Å². The van der Waals surface area contributed by atoms with Crippen LogP contribution in [-0.2, 0) is 0 Å². The summed E-state index contributed by atoms with van der Waals surface area (Å²) in [7, 11) is 2.22. The molecule has 2 fully saturated rings. The van der Waals surface area contributed by atoms with Gasteiger partial charge in [-0.05, 0) is 82.2 Å². The van der Waals surface area contributed by atoms with Crippen molar-refractivity contribution in [3.05, 3.63) is 75.2 Å². The number of aromatic nitrogens is 3. The number of H-pyrrole nitrogens is 1. The lowest BCUT2D eigenvalue weighted by Gasteiger charge is -2.55. The molecule has 2 aliphatic rings. The molecule has 0 saturated carbocycles. The molecule has 2 saturated heterocycles.